The predicted molar refractivity (Wildman–Crippen MR) is 167 cm³/mol. The number of halogens is 6. The minimum atomic E-state index is -4.78. The number of nitrogens with zero attached hydrogens (tertiary/aromatic N) is 5. The maximum Gasteiger partial charge on any atom is 1.00 e. The third-order valence-electron chi connectivity index (χ3n) is 7.26. The molecule has 0 unspecified atom stereocenters. The van der Waals surface area contributed by atoms with Crippen LogP contribution in [0, 0.1) is 11.3 Å². The van der Waals surface area contributed by atoms with Gasteiger partial charge in [-0.2, -0.15) is 31.6 Å². The molecule has 2 heterocycles. The van der Waals surface area contributed by atoms with Crippen LogP contribution in [0.3, 0.4) is 0 Å². The van der Waals surface area contributed by atoms with Crippen molar-refractivity contribution in [3.05, 3.63) is 94.4 Å². The molecule has 4 rings (SSSR count). The van der Waals surface area contributed by atoms with E-state index in [1.54, 1.807) is 18.2 Å². The van der Waals surface area contributed by atoms with Crippen LogP contribution in [-0.4, -0.2) is 39.7 Å². The predicted octanol–water partition coefficient (Wildman–Crippen LogP) is 5.15. The molecular weight excluding hydrogens is 679 g/mol. The van der Waals surface area contributed by atoms with Gasteiger partial charge in [0.2, 0.25) is 5.95 Å². The molecular formula is C34H32F6N5NaO4. The fourth-order valence-corrected chi connectivity index (χ4v) is 4.87. The first-order chi connectivity index (χ1) is 23.1. The summed E-state index contributed by atoms with van der Waals surface area (Å²) in [4.78, 5) is 25.4. The van der Waals surface area contributed by atoms with E-state index in [0.717, 1.165) is 18.2 Å². The van der Waals surface area contributed by atoms with Crippen LogP contribution in [0.1, 0.15) is 67.5 Å². The number of hydrogen-bond acceptors (Lipinski definition) is 8. The van der Waals surface area contributed by atoms with E-state index in [0.29, 0.717) is 11.8 Å². The maximum absolute atomic E-state index is 14.0. The molecule has 0 atom stereocenters. The molecule has 9 nitrogen and oxygen atoms in total. The van der Waals surface area contributed by atoms with E-state index >= 15 is 0 Å². The van der Waals surface area contributed by atoms with Crippen LogP contribution < -0.4 is 43.9 Å². The summed E-state index contributed by atoms with van der Waals surface area (Å²) in [6, 6.07) is 11.0. The molecule has 0 radical (unpaired) electrons. The Kier molecular flexibility index (Phi) is 13.6. The molecule has 1 N–H and O–H groups in total. The van der Waals surface area contributed by atoms with Crippen molar-refractivity contribution >= 4 is 11.9 Å². The van der Waals surface area contributed by atoms with Crippen LogP contribution in [0.25, 0.3) is 11.3 Å². The van der Waals surface area contributed by atoms with E-state index in [1.807, 2.05) is 13.8 Å². The molecule has 16 heteroatoms. The normalized spacial score (nSPS) is 11.5. The van der Waals surface area contributed by atoms with Crippen molar-refractivity contribution in [3.63, 3.8) is 0 Å². The standard InChI is InChI=1S/C34H31F6N5O4.Na.H/c1-20(2)28-8-9-29(48-3)31(44-28)27-7-6-24(33(35,36)37)14-23(27)19-45(18-22-11-21(15-41)12-25(13-22)34(38,39)40)32-42-16-26(17-43-32)49-10-4-5-30(46)47;;/h6-9,11-14,16-17,20H,4-5,10,18-19H2,1-3H3,(H,46,47);;/q;+1;-1. The van der Waals surface area contributed by atoms with Gasteiger partial charge in [-0.1, -0.05) is 19.9 Å². The average Bonchev–Trinajstić information content (AvgIpc) is 3.05. The molecule has 0 aliphatic heterocycles. The molecule has 0 bridgehead atoms. The van der Waals surface area contributed by atoms with Crippen molar-refractivity contribution in [1.29, 1.82) is 5.26 Å². The zero-order valence-corrected chi connectivity index (χ0v) is 29.6. The Hall–Kier alpha value is -4.39. The number of aliphatic carboxylic acids is 1. The van der Waals surface area contributed by atoms with Gasteiger partial charge in [0.15, 0.2) is 5.75 Å². The van der Waals surface area contributed by atoms with E-state index in [9.17, 15) is 36.4 Å². The number of anilines is 1. The van der Waals surface area contributed by atoms with E-state index in [2.05, 4.69) is 15.0 Å². The quantitative estimate of drug-likeness (QED) is 0.114. The Bertz CT molecular complexity index is 1840. The summed E-state index contributed by atoms with van der Waals surface area (Å²) >= 11 is 0. The third kappa shape index (κ3) is 10.6. The molecule has 2 aromatic carbocycles. The van der Waals surface area contributed by atoms with Crippen LogP contribution in [0.2, 0.25) is 0 Å². The molecule has 0 aliphatic rings. The maximum atomic E-state index is 14.0. The van der Waals surface area contributed by atoms with Crippen molar-refractivity contribution in [1.82, 2.24) is 15.0 Å². The van der Waals surface area contributed by atoms with E-state index < -0.39 is 29.4 Å². The van der Waals surface area contributed by atoms with Crippen LogP contribution in [0.5, 0.6) is 11.5 Å². The molecule has 0 amide bonds. The minimum Gasteiger partial charge on any atom is -1.00 e. The molecule has 50 heavy (non-hydrogen) atoms. The number of methoxy groups -OCH3 is 1. The Morgan fingerprint density at radius 2 is 1.66 bits per heavy atom. The number of hydrogen-bond donors (Lipinski definition) is 1. The van der Waals surface area contributed by atoms with Gasteiger partial charge in [-0.3, -0.25) is 4.79 Å². The number of nitriles is 1. The van der Waals surface area contributed by atoms with Gasteiger partial charge in [0.25, 0.3) is 0 Å². The number of carboxylic acids is 1. The molecule has 0 aliphatic carbocycles. The molecule has 0 spiro atoms. The summed E-state index contributed by atoms with van der Waals surface area (Å²) in [6.45, 7) is 3.15. The molecule has 0 saturated carbocycles. The van der Waals surface area contributed by atoms with Crippen molar-refractivity contribution in [2.75, 3.05) is 18.6 Å². The van der Waals surface area contributed by atoms with Crippen LogP contribution in [-0.2, 0) is 30.2 Å². The number of pyridine rings is 1. The van der Waals surface area contributed by atoms with Crippen molar-refractivity contribution < 1.29 is 76.7 Å². The summed E-state index contributed by atoms with van der Waals surface area (Å²) in [5, 5.41) is 18.3. The van der Waals surface area contributed by atoms with Gasteiger partial charge in [-0.05, 0) is 65.9 Å². The van der Waals surface area contributed by atoms with Gasteiger partial charge in [-0.25, -0.2) is 15.0 Å². The largest absolute Gasteiger partial charge is 1.00 e. The summed E-state index contributed by atoms with van der Waals surface area (Å²) in [5.74, 6) is -0.661. The van der Waals surface area contributed by atoms with Gasteiger partial charge < -0.3 is 20.9 Å². The topological polar surface area (TPSA) is 121 Å². The zero-order chi connectivity index (χ0) is 35.9. The van der Waals surface area contributed by atoms with E-state index in [4.69, 9.17) is 14.6 Å². The minimum absolute atomic E-state index is 0. The first kappa shape index (κ1) is 40.0. The summed E-state index contributed by atoms with van der Waals surface area (Å²) in [7, 11) is 1.39. The molecule has 0 fully saturated rings. The summed E-state index contributed by atoms with van der Waals surface area (Å²) in [6.07, 6.45) is -6.92. The second-order valence-electron chi connectivity index (χ2n) is 11.3. The summed E-state index contributed by atoms with van der Waals surface area (Å²) < 4.78 is 94.3. The molecule has 2 aromatic heterocycles. The van der Waals surface area contributed by atoms with Crippen molar-refractivity contribution in [2.45, 2.75) is 58.0 Å². The smallest absolute Gasteiger partial charge is 1.00 e. The number of ether oxygens (including phenoxy) is 2. The fourth-order valence-electron chi connectivity index (χ4n) is 4.87. The van der Waals surface area contributed by atoms with Crippen molar-refractivity contribution in [3.8, 4) is 28.8 Å². The summed E-state index contributed by atoms with van der Waals surface area (Å²) in [5.41, 5.74) is -1.02. The monoisotopic (exact) mass is 711 g/mol. The van der Waals surface area contributed by atoms with Gasteiger partial charge in [0.05, 0.1) is 48.9 Å². The molecule has 4 aromatic rings. The average molecular weight is 712 g/mol. The number of carbonyl (C=O) groups is 1. The first-order valence-electron chi connectivity index (χ1n) is 14.9. The fraction of sp³-hybridized carbons (Fsp3) is 0.324. The Morgan fingerprint density at radius 3 is 2.24 bits per heavy atom. The number of benzene rings is 2. The second kappa shape index (κ2) is 17.0. The number of aromatic nitrogens is 3. The Balaban J connectivity index is 0.00000451. The van der Waals surface area contributed by atoms with Gasteiger partial charge in [0.1, 0.15) is 11.4 Å². The first-order valence-corrected chi connectivity index (χ1v) is 14.9. The van der Waals surface area contributed by atoms with Crippen LogP contribution >= 0.6 is 0 Å². The van der Waals surface area contributed by atoms with Crippen LogP contribution in [0.15, 0.2) is 60.9 Å². The zero-order valence-electron chi connectivity index (χ0n) is 28.6. The van der Waals surface area contributed by atoms with Crippen molar-refractivity contribution in [2.24, 2.45) is 0 Å². The SMILES string of the molecule is COc1ccc(C(C)C)nc1-c1ccc(C(F)(F)F)cc1CN(Cc1cc(C#N)cc(C(F)(F)F)c1)c1ncc(OCCCC(=O)O)cn1.[H-].[Na+]. The Labute approximate surface area is 307 Å². The van der Waals surface area contributed by atoms with Gasteiger partial charge in [-0.15, -0.1) is 0 Å². The Morgan fingerprint density at radius 1 is 0.980 bits per heavy atom. The van der Waals surface area contributed by atoms with Gasteiger partial charge >= 0.3 is 47.9 Å². The van der Waals surface area contributed by atoms with Crippen LogP contribution in [0.4, 0.5) is 32.3 Å². The second-order valence-corrected chi connectivity index (χ2v) is 11.3. The van der Waals surface area contributed by atoms with E-state index in [1.165, 1.54) is 36.5 Å². The molecule has 260 valence electrons. The number of carboxylic acid groups (broad SMARTS) is 1. The van der Waals surface area contributed by atoms with E-state index in [-0.39, 0.29) is 115 Å². The third-order valence-corrected chi connectivity index (χ3v) is 7.26. The number of alkyl halides is 6. The molecule has 0 saturated heterocycles. The number of rotatable bonds is 13. The van der Waals surface area contributed by atoms with Gasteiger partial charge in [0, 0.05) is 30.8 Å².